The highest BCUT2D eigenvalue weighted by Gasteiger charge is 2.26. The number of rotatable bonds is 9. The molecular weight excluding hydrogens is 504 g/mol. The SMILES string of the molecule is CCN(CC)CCNC(=O)c1c(C)[nH]c(/C=C2\C(=O)Nc3cc(-c4ccc(-c5ccccc5)s4)ccc32)c1C. The number of fused-ring (bicyclic) bond motifs is 1. The average molecular weight is 539 g/mol. The average Bonchev–Trinajstić information content (AvgIpc) is 3.63. The van der Waals surface area contributed by atoms with Gasteiger partial charge in [-0.2, -0.15) is 0 Å². The number of thiophene rings is 1. The van der Waals surface area contributed by atoms with Crippen LogP contribution in [-0.2, 0) is 4.79 Å². The van der Waals surface area contributed by atoms with Crippen LogP contribution >= 0.6 is 11.3 Å². The van der Waals surface area contributed by atoms with Crippen LogP contribution < -0.4 is 10.6 Å². The van der Waals surface area contributed by atoms with E-state index in [-0.39, 0.29) is 11.8 Å². The van der Waals surface area contributed by atoms with E-state index in [0.29, 0.717) is 17.7 Å². The second-order valence-corrected chi connectivity index (χ2v) is 10.8. The summed E-state index contributed by atoms with van der Waals surface area (Å²) in [5.41, 5.74) is 7.56. The minimum Gasteiger partial charge on any atom is -0.358 e. The van der Waals surface area contributed by atoms with Crippen molar-refractivity contribution in [3.8, 4) is 20.9 Å². The number of carbonyl (C=O) groups is 2. The molecule has 6 nitrogen and oxygen atoms in total. The number of benzene rings is 2. The lowest BCUT2D eigenvalue weighted by atomic mass is 10.0. The molecule has 0 saturated carbocycles. The van der Waals surface area contributed by atoms with Crippen molar-refractivity contribution in [3.63, 3.8) is 0 Å². The molecule has 0 spiro atoms. The van der Waals surface area contributed by atoms with Gasteiger partial charge in [0.25, 0.3) is 11.8 Å². The van der Waals surface area contributed by atoms with Crippen LogP contribution in [0.5, 0.6) is 0 Å². The Morgan fingerprint density at radius 2 is 1.69 bits per heavy atom. The van der Waals surface area contributed by atoms with Gasteiger partial charge in [0, 0.05) is 45.5 Å². The molecule has 0 aliphatic carbocycles. The van der Waals surface area contributed by atoms with Gasteiger partial charge in [-0.05, 0) is 67.9 Å². The maximum atomic E-state index is 13.0. The van der Waals surface area contributed by atoms with Gasteiger partial charge in [0.1, 0.15) is 0 Å². The highest BCUT2D eigenvalue weighted by Crippen LogP contribution is 2.40. The van der Waals surface area contributed by atoms with Crippen molar-refractivity contribution >= 4 is 40.5 Å². The van der Waals surface area contributed by atoms with E-state index < -0.39 is 0 Å². The highest BCUT2D eigenvalue weighted by atomic mass is 32.1. The number of aryl methyl sites for hydroxylation is 1. The quantitative estimate of drug-likeness (QED) is 0.210. The van der Waals surface area contributed by atoms with Crippen molar-refractivity contribution in [2.45, 2.75) is 27.7 Å². The number of anilines is 1. The summed E-state index contributed by atoms with van der Waals surface area (Å²) in [6, 6.07) is 20.7. The van der Waals surface area contributed by atoms with Crippen molar-refractivity contribution in [1.82, 2.24) is 15.2 Å². The molecule has 3 N–H and O–H groups in total. The first-order chi connectivity index (χ1) is 18.9. The monoisotopic (exact) mass is 538 g/mol. The number of hydrogen-bond acceptors (Lipinski definition) is 4. The fourth-order valence-electron chi connectivity index (χ4n) is 5.10. The van der Waals surface area contributed by atoms with E-state index in [9.17, 15) is 9.59 Å². The molecule has 0 fully saturated rings. The van der Waals surface area contributed by atoms with Crippen LogP contribution in [0.15, 0.2) is 60.7 Å². The van der Waals surface area contributed by atoms with Crippen LogP contribution in [0.1, 0.15) is 46.7 Å². The van der Waals surface area contributed by atoms with E-state index in [1.54, 1.807) is 11.3 Å². The second-order valence-electron chi connectivity index (χ2n) is 9.75. The number of nitrogens with one attached hydrogen (secondary N) is 3. The molecule has 0 radical (unpaired) electrons. The number of H-pyrrole nitrogens is 1. The number of aromatic amines is 1. The predicted octanol–water partition coefficient (Wildman–Crippen LogP) is 6.59. The second kappa shape index (κ2) is 11.4. The first kappa shape index (κ1) is 26.7. The zero-order valence-electron chi connectivity index (χ0n) is 22.9. The van der Waals surface area contributed by atoms with Crippen LogP contribution in [-0.4, -0.2) is 47.9 Å². The maximum absolute atomic E-state index is 13.0. The van der Waals surface area contributed by atoms with Crippen LogP contribution in [0, 0.1) is 13.8 Å². The normalized spacial score (nSPS) is 13.7. The van der Waals surface area contributed by atoms with Gasteiger partial charge < -0.3 is 20.5 Å². The van der Waals surface area contributed by atoms with Crippen molar-refractivity contribution in [1.29, 1.82) is 0 Å². The van der Waals surface area contributed by atoms with Gasteiger partial charge in [-0.25, -0.2) is 0 Å². The number of nitrogens with zero attached hydrogens (tertiary/aromatic N) is 1. The Labute approximate surface area is 233 Å². The van der Waals surface area contributed by atoms with Gasteiger partial charge in [-0.15, -0.1) is 11.3 Å². The molecule has 7 heteroatoms. The Hall–Kier alpha value is -3.94. The van der Waals surface area contributed by atoms with Crippen molar-refractivity contribution in [3.05, 3.63) is 88.7 Å². The minimum atomic E-state index is -0.143. The maximum Gasteiger partial charge on any atom is 0.256 e. The lowest BCUT2D eigenvalue weighted by molar-refractivity contribution is -0.110. The summed E-state index contributed by atoms with van der Waals surface area (Å²) in [7, 11) is 0. The summed E-state index contributed by atoms with van der Waals surface area (Å²) in [4.78, 5) is 33.9. The topological polar surface area (TPSA) is 77.2 Å². The van der Waals surface area contributed by atoms with Crippen molar-refractivity contribution < 1.29 is 9.59 Å². The number of carbonyl (C=O) groups excluding carboxylic acids is 2. The van der Waals surface area contributed by atoms with E-state index in [1.165, 1.54) is 10.4 Å². The summed E-state index contributed by atoms with van der Waals surface area (Å²) in [6.07, 6.45) is 1.86. The third-order valence-electron chi connectivity index (χ3n) is 7.35. The largest absolute Gasteiger partial charge is 0.358 e. The molecule has 0 bridgehead atoms. The fourth-order valence-corrected chi connectivity index (χ4v) is 6.11. The third kappa shape index (κ3) is 5.46. The Morgan fingerprint density at radius 3 is 2.41 bits per heavy atom. The van der Waals surface area contributed by atoms with E-state index in [2.05, 4.69) is 64.7 Å². The summed E-state index contributed by atoms with van der Waals surface area (Å²) < 4.78 is 0. The summed E-state index contributed by atoms with van der Waals surface area (Å²) in [6.45, 7) is 11.4. The van der Waals surface area contributed by atoms with Gasteiger partial charge in [-0.3, -0.25) is 9.59 Å². The van der Waals surface area contributed by atoms with Gasteiger partial charge in [-0.1, -0.05) is 56.3 Å². The van der Waals surface area contributed by atoms with E-state index in [0.717, 1.165) is 58.3 Å². The molecule has 1 aliphatic rings. The molecule has 0 unspecified atom stereocenters. The first-order valence-electron chi connectivity index (χ1n) is 13.4. The van der Waals surface area contributed by atoms with Crippen LogP contribution in [0.4, 0.5) is 5.69 Å². The molecule has 1 aliphatic heterocycles. The molecular formula is C32H34N4O2S. The lowest BCUT2D eigenvalue weighted by Crippen LogP contribution is -2.35. The molecule has 200 valence electrons. The molecule has 2 amide bonds. The van der Waals surface area contributed by atoms with E-state index in [4.69, 9.17) is 0 Å². The number of amides is 2. The predicted molar refractivity (Wildman–Crippen MR) is 162 cm³/mol. The molecule has 0 atom stereocenters. The molecule has 5 rings (SSSR count). The van der Waals surface area contributed by atoms with Crippen LogP contribution in [0.3, 0.4) is 0 Å². The van der Waals surface area contributed by atoms with E-state index in [1.807, 2.05) is 50.3 Å². The van der Waals surface area contributed by atoms with Crippen LogP contribution in [0.2, 0.25) is 0 Å². The smallest absolute Gasteiger partial charge is 0.256 e. The molecule has 0 saturated heterocycles. The Bertz CT molecular complexity index is 1540. The first-order valence-corrected chi connectivity index (χ1v) is 14.2. The van der Waals surface area contributed by atoms with Crippen molar-refractivity contribution in [2.24, 2.45) is 0 Å². The number of likely N-dealkylation sites (N-methyl/N-ethyl adjacent to an activating group) is 1. The Kier molecular flexibility index (Phi) is 7.82. The Morgan fingerprint density at radius 1 is 0.974 bits per heavy atom. The molecule has 3 heterocycles. The molecule has 39 heavy (non-hydrogen) atoms. The Balaban J connectivity index is 1.37. The zero-order valence-corrected chi connectivity index (χ0v) is 23.7. The number of aromatic nitrogens is 1. The van der Waals surface area contributed by atoms with Gasteiger partial charge >= 0.3 is 0 Å². The molecule has 2 aromatic heterocycles. The van der Waals surface area contributed by atoms with Gasteiger partial charge in [0.2, 0.25) is 0 Å². The fraction of sp³-hybridized carbons (Fsp3) is 0.250. The van der Waals surface area contributed by atoms with Crippen molar-refractivity contribution in [2.75, 3.05) is 31.5 Å². The summed E-state index contributed by atoms with van der Waals surface area (Å²) >= 11 is 1.73. The highest BCUT2D eigenvalue weighted by molar-refractivity contribution is 7.18. The molecule has 4 aromatic rings. The van der Waals surface area contributed by atoms with Gasteiger partial charge in [0.05, 0.1) is 11.1 Å². The zero-order chi connectivity index (χ0) is 27.5. The lowest BCUT2D eigenvalue weighted by Gasteiger charge is -2.18. The molecule has 2 aromatic carbocycles. The van der Waals surface area contributed by atoms with Gasteiger partial charge in [0.15, 0.2) is 0 Å². The number of hydrogen-bond donors (Lipinski definition) is 3. The summed E-state index contributed by atoms with van der Waals surface area (Å²) in [5.74, 6) is -0.236. The van der Waals surface area contributed by atoms with Crippen LogP contribution in [0.25, 0.3) is 32.5 Å². The summed E-state index contributed by atoms with van der Waals surface area (Å²) in [5, 5.41) is 6.07. The minimum absolute atomic E-state index is 0.0928. The van der Waals surface area contributed by atoms with E-state index >= 15 is 0 Å². The third-order valence-corrected chi connectivity index (χ3v) is 8.53. The standard InChI is InChI=1S/C32H34N4O2S/c1-5-36(6-2)17-16-33-32(38)30-20(3)26(34-21(30)4)19-25-24-13-12-23(18-27(24)35-31(25)37)29-15-14-28(39-29)22-10-8-7-9-11-22/h7-15,18-19,34H,5-6,16-17H2,1-4H3,(H,33,38)(H,35,37)/b25-19-.